The number of aromatic nitrogens is 1. The molecule has 3 nitrogen and oxygen atoms in total. The predicted molar refractivity (Wildman–Crippen MR) is 79.5 cm³/mol. The first-order chi connectivity index (χ1) is 9.24. The molecular weight excluding hydrogens is 258 g/mol. The van der Waals surface area contributed by atoms with Crippen LogP contribution in [-0.4, -0.2) is 35.6 Å². The van der Waals surface area contributed by atoms with Crippen LogP contribution in [0.5, 0.6) is 0 Å². The van der Waals surface area contributed by atoms with Gasteiger partial charge < -0.3 is 5.32 Å². The van der Waals surface area contributed by atoms with Crippen molar-refractivity contribution in [2.24, 2.45) is 0 Å². The van der Waals surface area contributed by atoms with Crippen LogP contribution in [0.15, 0.2) is 30.5 Å². The number of nitrogens with one attached hydrogen (secondary N) is 1. The van der Waals surface area contributed by atoms with Crippen molar-refractivity contribution in [2.45, 2.75) is 19.5 Å². The second-order valence-electron chi connectivity index (χ2n) is 5.20. The van der Waals surface area contributed by atoms with Crippen molar-refractivity contribution in [3.8, 4) is 0 Å². The van der Waals surface area contributed by atoms with Gasteiger partial charge in [-0.25, -0.2) is 0 Å². The topological polar surface area (TPSA) is 28.2 Å². The summed E-state index contributed by atoms with van der Waals surface area (Å²) < 4.78 is 0. The summed E-state index contributed by atoms with van der Waals surface area (Å²) >= 11 is 6.23. The fourth-order valence-corrected chi connectivity index (χ4v) is 2.94. The van der Waals surface area contributed by atoms with Crippen LogP contribution in [0.25, 0.3) is 10.9 Å². The zero-order valence-corrected chi connectivity index (χ0v) is 11.8. The van der Waals surface area contributed by atoms with Crippen molar-refractivity contribution in [2.75, 3.05) is 19.6 Å². The fourth-order valence-electron chi connectivity index (χ4n) is 2.72. The minimum Gasteiger partial charge on any atom is -0.312 e. The number of piperazine rings is 1. The van der Waals surface area contributed by atoms with E-state index in [1.54, 1.807) is 0 Å². The van der Waals surface area contributed by atoms with Crippen LogP contribution in [0.3, 0.4) is 0 Å². The molecule has 0 radical (unpaired) electrons. The number of hydrogen-bond donors (Lipinski definition) is 1. The number of pyridine rings is 1. The Balaban J connectivity index is 1.90. The van der Waals surface area contributed by atoms with Crippen molar-refractivity contribution in [3.05, 3.63) is 41.0 Å². The van der Waals surface area contributed by atoms with Crippen LogP contribution in [-0.2, 0) is 6.54 Å². The molecule has 2 aromatic rings. The number of rotatable bonds is 2. The molecule has 1 saturated heterocycles. The molecule has 0 aliphatic carbocycles. The van der Waals surface area contributed by atoms with Gasteiger partial charge in [-0.2, -0.15) is 0 Å². The van der Waals surface area contributed by atoms with E-state index in [1.807, 2.05) is 24.4 Å². The smallest absolute Gasteiger partial charge is 0.0761 e. The normalized spacial score (nSPS) is 20.8. The lowest BCUT2D eigenvalue weighted by atomic mass is 10.1. The molecule has 19 heavy (non-hydrogen) atoms. The largest absolute Gasteiger partial charge is 0.312 e. The molecule has 0 saturated carbocycles. The average molecular weight is 276 g/mol. The summed E-state index contributed by atoms with van der Waals surface area (Å²) in [6.45, 7) is 6.39. The van der Waals surface area contributed by atoms with E-state index in [0.717, 1.165) is 42.1 Å². The predicted octanol–water partition coefficient (Wildman–Crippen LogP) is 2.68. The maximum absolute atomic E-state index is 6.23. The lowest BCUT2D eigenvalue weighted by molar-refractivity contribution is 0.200. The number of fused-ring (bicyclic) bond motifs is 1. The van der Waals surface area contributed by atoms with Crippen LogP contribution in [0, 0.1) is 0 Å². The minimum absolute atomic E-state index is 0.556. The van der Waals surface area contributed by atoms with Gasteiger partial charge in [-0.05, 0) is 30.7 Å². The Bertz CT molecular complexity index is 585. The molecule has 100 valence electrons. The van der Waals surface area contributed by atoms with E-state index in [2.05, 4.69) is 28.2 Å². The first-order valence-corrected chi connectivity index (χ1v) is 7.09. The Morgan fingerprint density at radius 3 is 3.16 bits per heavy atom. The molecule has 0 unspecified atom stereocenters. The summed E-state index contributed by atoms with van der Waals surface area (Å²) in [6, 6.07) is 8.61. The number of nitrogens with zero attached hydrogens (tertiary/aromatic N) is 2. The maximum atomic E-state index is 6.23. The summed E-state index contributed by atoms with van der Waals surface area (Å²) in [5.74, 6) is 0. The van der Waals surface area contributed by atoms with Crippen LogP contribution in [0.2, 0.25) is 5.02 Å². The summed E-state index contributed by atoms with van der Waals surface area (Å²) in [4.78, 5) is 6.97. The Morgan fingerprint density at radius 2 is 2.32 bits per heavy atom. The molecule has 1 aromatic carbocycles. The molecule has 1 atom stereocenters. The molecular formula is C15H18ClN3. The highest BCUT2D eigenvalue weighted by molar-refractivity contribution is 6.35. The molecule has 3 rings (SSSR count). The highest BCUT2D eigenvalue weighted by Crippen LogP contribution is 2.25. The lowest BCUT2D eigenvalue weighted by Crippen LogP contribution is -2.48. The summed E-state index contributed by atoms with van der Waals surface area (Å²) in [7, 11) is 0. The second kappa shape index (κ2) is 5.45. The molecule has 1 N–H and O–H groups in total. The second-order valence-corrected chi connectivity index (χ2v) is 5.60. The van der Waals surface area contributed by atoms with E-state index in [9.17, 15) is 0 Å². The maximum Gasteiger partial charge on any atom is 0.0761 e. The van der Waals surface area contributed by atoms with Gasteiger partial charge in [0, 0.05) is 48.8 Å². The molecule has 0 spiro atoms. The van der Waals surface area contributed by atoms with Gasteiger partial charge in [-0.3, -0.25) is 9.88 Å². The van der Waals surface area contributed by atoms with E-state index < -0.39 is 0 Å². The van der Waals surface area contributed by atoms with Crippen LogP contribution < -0.4 is 5.32 Å². The third-order valence-electron chi connectivity index (χ3n) is 3.65. The standard InChI is InChI=1S/C15H18ClN3/c1-11-9-19(8-7-17-11)10-12-4-5-14(16)13-3-2-6-18-15(12)13/h2-6,11,17H,7-10H2,1H3/t11-/m0/s1. The van der Waals surface area contributed by atoms with Gasteiger partial charge in [0.25, 0.3) is 0 Å². The van der Waals surface area contributed by atoms with E-state index in [-0.39, 0.29) is 0 Å². The van der Waals surface area contributed by atoms with Gasteiger partial charge in [0.2, 0.25) is 0 Å². The number of halogens is 1. The molecule has 0 bridgehead atoms. The van der Waals surface area contributed by atoms with Crippen molar-refractivity contribution >= 4 is 22.5 Å². The molecule has 2 heterocycles. The quantitative estimate of drug-likeness (QED) is 0.913. The summed E-state index contributed by atoms with van der Waals surface area (Å²) in [5.41, 5.74) is 2.29. The molecule has 1 fully saturated rings. The highest BCUT2D eigenvalue weighted by Gasteiger charge is 2.17. The SMILES string of the molecule is C[C@H]1CN(Cc2ccc(Cl)c3cccnc23)CCN1. The molecule has 1 aromatic heterocycles. The first-order valence-electron chi connectivity index (χ1n) is 6.72. The van der Waals surface area contributed by atoms with Crippen LogP contribution in [0.1, 0.15) is 12.5 Å². The zero-order chi connectivity index (χ0) is 13.2. The first kappa shape index (κ1) is 12.9. The Labute approximate surface area is 118 Å². The van der Waals surface area contributed by atoms with E-state index >= 15 is 0 Å². The molecule has 1 aliphatic rings. The van der Waals surface area contributed by atoms with Crippen molar-refractivity contribution in [3.63, 3.8) is 0 Å². The molecule has 0 amide bonds. The molecule has 4 heteroatoms. The van der Waals surface area contributed by atoms with E-state index in [1.165, 1.54) is 5.56 Å². The van der Waals surface area contributed by atoms with Crippen molar-refractivity contribution in [1.29, 1.82) is 0 Å². The zero-order valence-electron chi connectivity index (χ0n) is 11.1. The van der Waals surface area contributed by atoms with Gasteiger partial charge in [0.1, 0.15) is 0 Å². The Kier molecular flexibility index (Phi) is 3.69. The van der Waals surface area contributed by atoms with Gasteiger partial charge in [0.05, 0.1) is 5.52 Å². The van der Waals surface area contributed by atoms with E-state index in [0.29, 0.717) is 6.04 Å². The fraction of sp³-hybridized carbons (Fsp3) is 0.400. The van der Waals surface area contributed by atoms with Gasteiger partial charge >= 0.3 is 0 Å². The van der Waals surface area contributed by atoms with Gasteiger partial charge in [0.15, 0.2) is 0 Å². The Morgan fingerprint density at radius 1 is 1.42 bits per heavy atom. The monoisotopic (exact) mass is 275 g/mol. The number of benzene rings is 1. The van der Waals surface area contributed by atoms with Crippen LogP contribution >= 0.6 is 11.6 Å². The number of hydrogen-bond acceptors (Lipinski definition) is 3. The van der Waals surface area contributed by atoms with Gasteiger partial charge in [-0.15, -0.1) is 0 Å². The minimum atomic E-state index is 0.556. The average Bonchev–Trinajstić information content (AvgIpc) is 2.42. The van der Waals surface area contributed by atoms with E-state index in [4.69, 9.17) is 11.6 Å². The third-order valence-corrected chi connectivity index (χ3v) is 3.98. The van der Waals surface area contributed by atoms with Crippen molar-refractivity contribution < 1.29 is 0 Å². The Hall–Kier alpha value is -1.16. The van der Waals surface area contributed by atoms with Crippen LogP contribution in [0.4, 0.5) is 0 Å². The van der Waals surface area contributed by atoms with Gasteiger partial charge in [-0.1, -0.05) is 17.7 Å². The lowest BCUT2D eigenvalue weighted by Gasteiger charge is -2.32. The summed E-state index contributed by atoms with van der Waals surface area (Å²) in [5, 5.41) is 5.29. The molecule has 1 aliphatic heterocycles. The third kappa shape index (κ3) is 2.73. The summed E-state index contributed by atoms with van der Waals surface area (Å²) in [6.07, 6.45) is 1.84. The highest BCUT2D eigenvalue weighted by atomic mass is 35.5. The van der Waals surface area contributed by atoms with Crippen molar-refractivity contribution in [1.82, 2.24) is 15.2 Å².